The van der Waals surface area contributed by atoms with Gasteiger partial charge in [-0.3, -0.25) is 4.90 Å². The van der Waals surface area contributed by atoms with Crippen molar-refractivity contribution in [1.29, 1.82) is 0 Å². The number of halogens is 2. The Bertz CT molecular complexity index is 547. The van der Waals surface area contributed by atoms with E-state index < -0.39 is 0 Å². The Morgan fingerprint density at radius 3 is 2.82 bits per heavy atom. The molecule has 22 heavy (non-hydrogen) atoms. The van der Waals surface area contributed by atoms with E-state index in [0.29, 0.717) is 34.2 Å². The molecule has 3 nitrogen and oxygen atoms in total. The lowest BCUT2D eigenvalue weighted by atomic mass is 9.84. The van der Waals surface area contributed by atoms with Crippen LogP contribution in [0.25, 0.3) is 0 Å². The Labute approximate surface area is 141 Å². The Hall–Kier alpha value is -0.770. The first-order valence-corrected chi connectivity index (χ1v) is 8.77. The summed E-state index contributed by atoms with van der Waals surface area (Å²) in [6.45, 7) is 2.87. The summed E-state index contributed by atoms with van der Waals surface area (Å²) in [5.74, 6) is 0.0960. The summed E-state index contributed by atoms with van der Waals surface area (Å²) in [7, 11) is 0. The molecule has 0 bridgehead atoms. The lowest BCUT2D eigenvalue weighted by molar-refractivity contribution is 0.00740. The molecular formula is C17H21Cl2NO2. The van der Waals surface area contributed by atoms with Crippen LogP contribution in [0, 0.1) is 5.92 Å². The predicted molar refractivity (Wildman–Crippen MR) is 88.7 cm³/mol. The SMILES string of the molecule is O=C(OC[C@@H]1CCCN2CCCC[C@H]12)c1ccc(Cl)cc1Cl. The minimum atomic E-state index is -0.352. The highest BCUT2D eigenvalue weighted by molar-refractivity contribution is 6.36. The van der Waals surface area contributed by atoms with Crippen molar-refractivity contribution in [2.24, 2.45) is 5.92 Å². The number of fused-ring (bicyclic) bond motifs is 1. The highest BCUT2D eigenvalue weighted by Gasteiger charge is 2.33. The molecule has 0 aliphatic carbocycles. The van der Waals surface area contributed by atoms with Crippen molar-refractivity contribution in [1.82, 2.24) is 4.90 Å². The van der Waals surface area contributed by atoms with Gasteiger partial charge in [-0.05, 0) is 57.0 Å². The average Bonchev–Trinajstić information content (AvgIpc) is 2.52. The highest BCUT2D eigenvalue weighted by Crippen LogP contribution is 2.31. The normalized spacial score (nSPS) is 25.5. The summed E-state index contributed by atoms with van der Waals surface area (Å²) in [6, 6.07) is 5.44. The lowest BCUT2D eigenvalue weighted by Gasteiger charge is -2.44. The molecule has 0 unspecified atom stereocenters. The fourth-order valence-electron chi connectivity index (χ4n) is 3.69. The molecular weight excluding hydrogens is 321 g/mol. The smallest absolute Gasteiger partial charge is 0.339 e. The monoisotopic (exact) mass is 341 g/mol. The largest absolute Gasteiger partial charge is 0.462 e. The zero-order valence-electron chi connectivity index (χ0n) is 12.6. The molecule has 2 aliphatic heterocycles. The number of ether oxygens (including phenoxy) is 1. The molecule has 2 heterocycles. The van der Waals surface area contributed by atoms with E-state index in [1.807, 2.05) is 0 Å². The Morgan fingerprint density at radius 1 is 1.18 bits per heavy atom. The van der Waals surface area contributed by atoms with Crippen LogP contribution in [-0.4, -0.2) is 36.6 Å². The number of nitrogens with zero attached hydrogens (tertiary/aromatic N) is 1. The molecule has 0 aromatic heterocycles. The standard InChI is InChI=1S/C17H21Cl2NO2/c18-13-6-7-14(15(19)10-13)17(21)22-11-12-4-3-9-20-8-2-1-5-16(12)20/h6-7,10,12,16H,1-5,8-9,11H2/t12-,16+/m0/s1. The van der Waals surface area contributed by atoms with Crippen molar-refractivity contribution < 1.29 is 9.53 Å². The van der Waals surface area contributed by atoms with E-state index in [4.69, 9.17) is 27.9 Å². The molecule has 2 saturated heterocycles. The second-order valence-corrected chi connectivity index (χ2v) is 7.07. The van der Waals surface area contributed by atoms with Crippen LogP contribution in [0.2, 0.25) is 10.0 Å². The van der Waals surface area contributed by atoms with Gasteiger partial charge in [-0.1, -0.05) is 29.6 Å². The molecule has 120 valence electrons. The van der Waals surface area contributed by atoms with Crippen molar-refractivity contribution in [2.75, 3.05) is 19.7 Å². The first-order chi connectivity index (χ1) is 10.6. The molecule has 0 amide bonds. The van der Waals surface area contributed by atoms with Crippen LogP contribution in [-0.2, 0) is 4.74 Å². The number of carbonyl (C=O) groups is 1. The van der Waals surface area contributed by atoms with E-state index >= 15 is 0 Å². The third kappa shape index (κ3) is 3.58. The lowest BCUT2D eigenvalue weighted by Crippen LogP contribution is -2.49. The number of carbonyl (C=O) groups excluding carboxylic acids is 1. The van der Waals surface area contributed by atoms with E-state index in [0.717, 1.165) is 6.42 Å². The zero-order valence-corrected chi connectivity index (χ0v) is 14.1. The van der Waals surface area contributed by atoms with Crippen molar-refractivity contribution >= 4 is 29.2 Å². The molecule has 0 saturated carbocycles. The Balaban J connectivity index is 1.60. The van der Waals surface area contributed by atoms with E-state index in [9.17, 15) is 4.79 Å². The summed E-state index contributed by atoms with van der Waals surface area (Å²) in [5, 5.41) is 0.868. The second-order valence-electron chi connectivity index (χ2n) is 6.22. The van der Waals surface area contributed by atoms with Crippen molar-refractivity contribution in [3.05, 3.63) is 33.8 Å². The molecule has 0 spiro atoms. The van der Waals surface area contributed by atoms with Gasteiger partial charge in [-0.15, -0.1) is 0 Å². The first-order valence-electron chi connectivity index (χ1n) is 8.01. The molecule has 5 heteroatoms. The maximum atomic E-state index is 12.2. The Morgan fingerprint density at radius 2 is 2.00 bits per heavy atom. The number of rotatable bonds is 3. The topological polar surface area (TPSA) is 29.5 Å². The van der Waals surface area contributed by atoms with Crippen molar-refractivity contribution in [2.45, 2.75) is 38.1 Å². The maximum absolute atomic E-state index is 12.2. The van der Waals surface area contributed by atoms with Crippen LogP contribution in [0.15, 0.2) is 18.2 Å². The summed E-state index contributed by atoms with van der Waals surface area (Å²) >= 11 is 11.9. The minimum absolute atomic E-state index is 0.348. The van der Waals surface area contributed by atoms with Crippen LogP contribution >= 0.6 is 23.2 Å². The van der Waals surface area contributed by atoms with Gasteiger partial charge in [0.2, 0.25) is 0 Å². The molecule has 0 radical (unpaired) electrons. The summed E-state index contributed by atoms with van der Waals surface area (Å²) in [4.78, 5) is 14.8. The fourth-order valence-corrected chi connectivity index (χ4v) is 4.17. The molecule has 3 rings (SSSR count). The highest BCUT2D eigenvalue weighted by atomic mass is 35.5. The van der Waals surface area contributed by atoms with Crippen molar-refractivity contribution in [3.8, 4) is 0 Å². The van der Waals surface area contributed by atoms with Gasteiger partial charge in [0.05, 0.1) is 17.2 Å². The summed E-state index contributed by atoms with van der Waals surface area (Å²) in [5.41, 5.74) is 0.391. The summed E-state index contributed by atoms with van der Waals surface area (Å²) < 4.78 is 5.54. The Kier molecular flexibility index (Phi) is 5.27. The van der Waals surface area contributed by atoms with Gasteiger partial charge in [0.1, 0.15) is 0 Å². The number of esters is 1. The minimum Gasteiger partial charge on any atom is -0.462 e. The van der Waals surface area contributed by atoms with Gasteiger partial charge < -0.3 is 4.74 Å². The van der Waals surface area contributed by atoms with Crippen LogP contribution in [0.1, 0.15) is 42.5 Å². The predicted octanol–water partition coefficient (Wildman–Crippen LogP) is 4.41. The van der Waals surface area contributed by atoms with E-state index in [2.05, 4.69) is 4.90 Å². The number of hydrogen-bond acceptors (Lipinski definition) is 3. The van der Waals surface area contributed by atoms with E-state index in [1.54, 1.807) is 18.2 Å². The van der Waals surface area contributed by atoms with Crippen LogP contribution in [0.4, 0.5) is 0 Å². The zero-order chi connectivity index (χ0) is 15.5. The average molecular weight is 342 g/mol. The first kappa shape index (κ1) is 16.1. The third-order valence-corrected chi connectivity index (χ3v) is 5.36. The molecule has 2 atom stereocenters. The van der Waals surface area contributed by atoms with Crippen LogP contribution in [0.5, 0.6) is 0 Å². The molecule has 0 N–H and O–H groups in total. The van der Waals surface area contributed by atoms with Crippen molar-refractivity contribution in [3.63, 3.8) is 0 Å². The van der Waals surface area contributed by atoms with Crippen LogP contribution in [0.3, 0.4) is 0 Å². The molecule has 1 aromatic carbocycles. The number of piperidine rings is 2. The van der Waals surface area contributed by atoms with Gasteiger partial charge >= 0.3 is 5.97 Å². The quantitative estimate of drug-likeness (QED) is 0.762. The van der Waals surface area contributed by atoms with Gasteiger partial charge in [0.15, 0.2) is 0 Å². The molecule has 2 fully saturated rings. The molecule has 2 aliphatic rings. The maximum Gasteiger partial charge on any atom is 0.339 e. The van der Waals surface area contributed by atoms with E-state index in [1.165, 1.54) is 38.8 Å². The van der Waals surface area contributed by atoms with Gasteiger partial charge in [0.25, 0.3) is 0 Å². The number of hydrogen-bond donors (Lipinski definition) is 0. The molecule has 1 aromatic rings. The van der Waals surface area contributed by atoms with Gasteiger partial charge in [-0.2, -0.15) is 0 Å². The number of benzene rings is 1. The third-order valence-electron chi connectivity index (χ3n) is 4.81. The van der Waals surface area contributed by atoms with E-state index in [-0.39, 0.29) is 5.97 Å². The van der Waals surface area contributed by atoms with Gasteiger partial charge in [-0.25, -0.2) is 4.79 Å². The van der Waals surface area contributed by atoms with Crippen LogP contribution < -0.4 is 0 Å². The van der Waals surface area contributed by atoms with Gasteiger partial charge in [0, 0.05) is 17.0 Å². The fraction of sp³-hybridized carbons (Fsp3) is 0.588. The second kappa shape index (κ2) is 7.20. The summed E-state index contributed by atoms with van der Waals surface area (Å²) in [6.07, 6.45) is 6.14.